The van der Waals surface area contributed by atoms with Gasteiger partial charge in [-0.15, -0.1) is 0 Å². The van der Waals surface area contributed by atoms with Crippen LogP contribution in [-0.2, 0) is 0 Å². The highest BCUT2D eigenvalue weighted by atomic mass is 16.6. The summed E-state index contributed by atoms with van der Waals surface area (Å²) >= 11 is 0. The van der Waals surface area contributed by atoms with Crippen LogP contribution < -0.4 is 0 Å². The van der Waals surface area contributed by atoms with Crippen molar-refractivity contribution in [2.24, 2.45) is 5.10 Å². The first kappa shape index (κ1) is 10.2. The second kappa shape index (κ2) is 4.36. The number of rotatable bonds is 2. The molecule has 0 aliphatic carbocycles. The van der Waals surface area contributed by atoms with Gasteiger partial charge >= 0.3 is 5.84 Å². The van der Waals surface area contributed by atoms with Crippen molar-refractivity contribution in [1.29, 1.82) is 0 Å². The van der Waals surface area contributed by atoms with Crippen molar-refractivity contribution in [3.8, 4) is 0 Å². The molecule has 14 heavy (non-hydrogen) atoms. The van der Waals surface area contributed by atoms with Gasteiger partial charge in [0.2, 0.25) is 0 Å². The van der Waals surface area contributed by atoms with E-state index in [0.717, 1.165) is 0 Å². The molecule has 1 aromatic rings. The molecule has 5 nitrogen and oxygen atoms in total. The van der Waals surface area contributed by atoms with E-state index < -0.39 is 4.92 Å². The molecule has 0 atom stereocenters. The Morgan fingerprint density at radius 1 is 1.36 bits per heavy atom. The Morgan fingerprint density at radius 3 is 2.36 bits per heavy atom. The zero-order chi connectivity index (χ0) is 10.6. The van der Waals surface area contributed by atoms with Crippen LogP contribution in [0.1, 0.15) is 5.56 Å². The van der Waals surface area contributed by atoms with E-state index in [2.05, 4.69) is 5.10 Å². The fraction of sp³-hybridized carbons (Fsp3) is 0.222. The first-order valence-electron chi connectivity index (χ1n) is 4.07. The summed E-state index contributed by atoms with van der Waals surface area (Å²) < 4.78 is 0. The standard InChI is InChI=1S/C9H11N3O2/c1-11(2)10-9(12(13)14)8-6-4-3-5-7-8/h3-7H,1-2H3/b10-9-. The summed E-state index contributed by atoms with van der Waals surface area (Å²) in [5, 5.41) is 15.9. The van der Waals surface area contributed by atoms with Crippen LogP contribution in [0.4, 0.5) is 0 Å². The molecule has 0 N–H and O–H groups in total. The molecule has 1 aromatic carbocycles. The Morgan fingerprint density at radius 2 is 1.93 bits per heavy atom. The molecule has 0 amide bonds. The average molecular weight is 193 g/mol. The Kier molecular flexibility index (Phi) is 3.17. The Labute approximate surface area is 81.8 Å². The minimum atomic E-state index is -0.491. The molecular formula is C9H11N3O2. The molecule has 0 bridgehead atoms. The number of nitro groups is 1. The molecule has 74 valence electrons. The van der Waals surface area contributed by atoms with Crippen LogP contribution in [0.3, 0.4) is 0 Å². The van der Waals surface area contributed by atoms with Gasteiger partial charge in [-0.3, -0.25) is 0 Å². The number of nitrogens with zero attached hydrogens (tertiary/aromatic N) is 3. The molecule has 5 heteroatoms. The largest absolute Gasteiger partial charge is 0.395 e. The maximum atomic E-state index is 10.7. The summed E-state index contributed by atoms with van der Waals surface area (Å²) in [7, 11) is 3.29. The van der Waals surface area contributed by atoms with E-state index in [0.29, 0.717) is 5.56 Å². The maximum absolute atomic E-state index is 10.7. The lowest BCUT2D eigenvalue weighted by Gasteiger charge is -2.00. The van der Waals surface area contributed by atoms with Crippen LogP contribution in [0.25, 0.3) is 0 Å². The van der Waals surface area contributed by atoms with Gasteiger partial charge in [0, 0.05) is 14.1 Å². The van der Waals surface area contributed by atoms with Crippen molar-refractivity contribution in [2.45, 2.75) is 0 Å². The molecule has 0 radical (unpaired) electrons. The van der Waals surface area contributed by atoms with Crippen LogP contribution in [0, 0.1) is 10.1 Å². The predicted molar refractivity (Wildman–Crippen MR) is 53.7 cm³/mol. The fourth-order valence-corrected chi connectivity index (χ4v) is 0.976. The molecular weight excluding hydrogens is 182 g/mol. The minimum Gasteiger partial charge on any atom is -0.358 e. The van der Waals surface area contributed by atoms with E-state index >= 15 is 0 Å². The topological polar surface area (TPSA) is 58.7 Å². The zero-order valence-electron chi connectivity index (χ0n) is 8.04. The third-order valence-corrected chi connectivity index (χ3v) is 1.50. The first-order chi connectivity index (χ1) is 6.61. The molecule has 0 aliphatic rings. The molecule has 0 heterocycles. The van der Waals surface area contributed by atoms with Gasteiger partial charge < -0.3 is 10.1 Å². The maximum Gasteiger partial charge on any atom is 0.395 e. The Hall–Kier alpha value is -1.91. The van der Waals surface area contributed by atoms with Crippen molar-refractivity contribution in [3.63, 3.8) is 0 Å². The van der Waals surface area contributed by atoms with Gasteiger partial charge in [-0.25, -0.2) is 5.01 Å². The second-order valence-electron chi connectivity index (χ2n) is 2.89. The van der Waals surface area contributed by atoms with E-state index in [1.54, 1.807) is 44.4 Å². The Balaban J connectivity index is 3.08. The molecule has 0 saturated heterocycles. The lowest BCUT2D eigenvalue weighted by atomic mass is 10.2. The molecule has 0 aliphatic heterocycles. The highest BCUT2D eigenvalue weighted by Crippen LogP contribution is 2.02. The molecule has 0 saturated carbocycles. The van der Waals surface area contributed by atoms with E-state index in [-0.39, 0.29) is 5.84 Å². The molecule has 0 spiro atoms. The van der Waals surface area contributed by atoms with E-state index in [4.69, 9.17) is 0 Å². The number of hydrogen-bond donors (Lipinski definition) is 0. The van der Waals surface area contributed by atoms with Crippen molar-refractivity contribution in [1.82, 2.24) is 5.01 Å². The number of hydrogen-bond acceptors (Lipinski definition) is 4. The van der Waals surface area contributed by atoms with Crippen molar-refractivity contribution >= 4 is 5.84 Å². The van der Waals surface area contributed by atoms with Gasteiger partial charge in [-0.2, -0.15) is 0 Å². The monoisotopic (exact) mass is 193 g/mol. The summed E-state index contributed by atoms with van der Waals surface area (Å²) in [6.07, 6.45) is 0. The lowest BCUT2D eigenvalue weighted by molar-refractivity contribution is -0.350. The highest BCUT2D eigenvalue weighted by Gasteiger charge is 2.15. The SMILES string of the molecule is CN(C)/N=C(/c1ccccc1)[N+](=O)[O-]. The molecule has 0 fully saturated rings. The van der Waals surface area contributed by atoms with Gasteiger partial charge in [-0.05, 0) is 17.1 Å². The molecule has 1 rings (SSSR count). The van der Waals surface area contributed by atoms with Crippen LogP contribution in [-0.4, -0.2) is 29.9 Å². The van der Waals surface area contributed by atoms with Crippen molar-refractivity contribution in [2.75, 3.05) is 14.1 Å². The third kappa shape index (κ3) is 2.55. The number of amidine groups is 1. The zero-order valence-corrected chi connectivity index (χ0v) is 8.04. The lowest BCUT2D eigenvalue weighted by Crippen LogP contribution is -2.18. The molecule has 0 unspecified atom stereocenters. The van der Waals surface area contributed by atoms with Crippen molar-refractivity contribution in [3.05, 3.63) is 46.0 Å². The summed E-state index contributed by atoms with van der Waals surface area (Å²) in [6, 6.07) is 8.60. The summed E-state index contributed by atoms with van der Waals surface area (Å²) in [5.41, 5.74) is 0.506. The number of hydrazone groups is 1. The second-order valence-corrected chi connectivity index (χ2v) is 2.89. The van der Waals surface area contributed by atoms with E-state index in [1.807, 2.05) is 0 Å². The van der Waals surface area contributed by atoms with Gasteiger partial charge in [0.1, 0.15) is 0 Å². The summed E-state index contributed by atoms with van der Waals surface area (Å²) in [6.45, 7) is 0. The number of benzene rings is 1. The summed E-state index contributed by atoms with van der Waals surface area (Å²) in [5.74, 6) is -0.143. The summed E-state index contributed by atoms with van der Waals surface area (Å²) in [4.78, 5) is 10.2. The van der Waals surface area contributed by atoms with Gasteiger partial charge in [0.15, 0.2) is 0 Å². The Bertz CT molecular complexity index is 346. The molecule has 0 aromatic heterocycles. The minimum absolute atomic E-state index is 0.143. The quantitative estimate of drug-likeness (QED) is 0.307. The smallest absolute Gasteiger partial charge is 0.358 e. The van der Waals surface area contributed by atoms with Crippen LogP contribution in [0.15, 0.2) is 35.4 Å². The van der Waals surface area contributed by atoms with E-state index in [9.17, 15) is 10.1 Å². The van der Waals surface area contributed by atoms with E-state index in [1.165, 1.54) is 5.01 Å². The van der Waals surface area contributed by atoms with Crippen LogP contribution in [0.2, 0.25) is 0 Å². The fourth-order valence-electron chi connectivity index (χ4n) is 0.976. The van der Waals surface area contributed by atoms with Gasteiger partial charge in [-0.1, -0.05) is 18.2 Å². The predicted octanol–water partition coefficient (Wildman–Crippen LogP) is 1.19. The van der Waals surface area contributed by atoms with Gasteiger partial charge in [0.05, 0.1) is 10.7 Å². The normalized spacial score (nSPS) is 11.1. The third-order valence-electron chi connectivity index (χ3n) is 1.50. The highest BCUT2D eigenvalue weighted by molar-refractivity contribution is 5.92. The first-order valence-corrected chi connectivity index (χ1v) is 4.07. The van der Waals surface area contributed by atoms with Crippen LogP contribution >= 0.6 is 0 Å². The van der Waals surface area contributed by atoms with Crippen LogP contribution in [0.5, 0.6) is 0 Å². The average Bonchev–Trinajstić information content (AvgIpc) is 2.15. The van der Waals surface area contributed by atoms with Crippen molar-refractivity contribution < 1.29 is 4.92 Å². The van der Waals surface area contributed by atoms with Gasteiger partial charge in [0.25, 0.3) is 0 Å².